The Bertz CT molecular complexity index is 604. The molecule has 3 nitrogen and oxygen atoms in total. The quantitative estimate of drug-likeness (QED) is 0.878. The molecule has 3 heteroatoms. The van der Waals surface area contributed by atoms with Crippen LogP contribution in [0.15, 0.2) is 24.3 Å². The van der Waals surface area contributed by atoms with Gasteiger partial charge in [-0.15, -0.1) is 0 Å². The number of H-pyrrole nitrogens is 1. The van der Waals surface area contributed by atoms with E-state index < -0.39 is 0 Å². The molecule has 0 aliphatic heterocycles. The topological polar surface area (TPSA) is 51.6 Å². The van der Waals surface area contributed by atoms with Crippen molar-refractivity contribution in [2.24, 2.45) is 11.8 Å². The molecule has 1 heterocycles. The van der Waals surface area contributed by atoms with Gasteiger partial charge in [-0.3, -0.25) is 0 Å². The standard InChI is InChI=1S/C16H21N3/c1-10(2)13(9-17)16(18-4)15-11(3)19-14-8-6-5-7-12(14)15/h5-8,10,13,16,18-19H,1-4H3. The highest BCUT2D eigenvalue weighted by molar-refractivity contribution is 5.85. The average Bonchev–Trinajstić information content (AvgIpc) is 2.71. The summed E-state index contributed by atoms with van der Waals surface area (Å²) in [5.41, 5.74) is 3.50. The number of nitriles is 1. The Morgan fingerprint density at radius 2 is 1.95 bits per heavy atom. The molecule has 2 aromatic rings. The second kappa shape index (κ2) is 5.46. The van der Waals surface area contributed by atoms with Crippen molar-refractivity contribution in [2.75, 3.05) is 7.05 Å². The van der Waals surface area contributed by atoms with Gasteiger partial charge in [0.1, 0.15) is 0 Å². The zero-order valence-corrected chi connectivity index (χ0v) is 12.0. The normalized spacial score (nSPS) is 14.5. The second-order valence-electron chi connectivity index (χ2n) is 5.37. The molecule has 2 unspecified atom stereocenters. The smallest absolute Gasteiger partial charge is 0.0682 e. The molecule has 0 bridgehead atoms. The molecule has 0 aliphatic carbocycles. The number of para-hydroxylation sites is 1. The van der Waals surface area contributed by atoms with Crippen molar-refractivity contribution in [3.63, 3.8) is 0 Å². The lowest BCUT2D eigenvalue weighted by molar-refractivity contribution is 0.363. The van der Waals surface area contributed by atoms with E-state index >= 15 is 0 Å². The molecule has 1 aromatic heterocycles. The summed E-state index contributed by atoms with van der Waals surface area (Å²) in [6.45, 7) is 6.28. The summed E-state index contributed by atoms with van der Waals surface area (Å²) in [4.78, 5) is 3.41. The molecule has 100 valence electrons. The van der Waals surface area contributed by atoms with E-state index in [4.69, 9.17) is 0 Å². The monoisotopic (exact) mass is 255 g/mol. The Balaban J connectivity index is 2.58. The van der Waals surface area contributed by atoms with Crippen LogP contribution in [-0.4, -0.2) is 12.0 Å². The van der Waals surface area contributed by atoms with Crippen molar-refractivity contribution in [3.05, 3.63) is 35.5 Å². The number of rotatable bonds is 4. The molecule has 0 spiro atoms. The number of benzene rings is 1. The zero-order valence-electron chi connectivity index (χ0n) is 12.0. The third-order valence-electron chi connectivity index (χ3n) is 3.79. The van der Waals surface area contributed by atoms with Crippen LogP contribution in [0.2, 0.25) is 0 Å². The number of aromatic nitrogens is 1. The molecule has 0 aliphatic rings. The van der Waals surface area contributed by atoms with Gasteiger partial charge in [-0.1, -0.05) is 32.0 Å². The number of hydrogen-bond donors (Lipinski definition) is 2. The van der Waals surface area contributed by atoms with Crippen LogP contribution in [0.4, 0.5) is 0 Å². The second-order valence-corrected chi connectivity index (χ2v) is 5.37. The number of hydrogen-bond acceptors (Lipinski definition) is 2. The maximum Gasteiger partial charge on any atom is 0.0682 e. The van der Waals surface area contributed by atoms with E-state index in [1.165, 1.54) is 10.9 Å². The van der Waals surface area contributed by atoms with Gasteiger partial charge in [0.25, 0.3) is 0 Å². The fourth-order valence-electron chi connectivity index (χ4n) is 2.81. The van der Waals surface area contributed by atoms with Crippen molar-refractivity contribution in [1.29, 1.82) is 5.26 Å². The predicted molar refractivity (Wildman–Crippen MR) is 78.8 cm³/mol. The van der Waals surface area contributed by atoms with Crippen LogP contribution in [0.3, 0.4) is 0 Å². The SMILES string of the molecule is CNC(c1c(C)[nH]c2ccccc12)C(C#N)C(C)C. The molecule has 0 radical (unpaired) electrons. The largest absolute Gasteiger partial charge is 0.358 e. The molecule has 19 heavy (non-hydrogen) atoms. The van der Waals surface area contributed by atoms with Gasteiger partial charge in [0.2, 0.25) is 0 Å². The maximum atomic E-state index is 9.46. The van der Waals surface area contributed by atoms with Gasteiger partial charge >= 0.3 is 0 Å². The summed E-state index contributed by atoms with van der Waals surface area (Å²) in [6, 6.07) is 10.8. The highest BCUT2D eigenvalue weighted by Crippen LogP contribution is 2.34. The fourth-order valence-corrected chi connectivity index (χ4v) is 2.81. The van der Waals surface area contributed by atoms with Crippen molar-refractivity contribution >= 4 is 10.9 Å². The Hall–Kier alpha value is -1.79. The first-order valence-electron chi connectivity index (χ1n) is 6.74. The Labute approximate surface area is 114 Å². The Morgan fingerprint density at radius 3 is 2.53 bits per heavy atom. The summed E-state index contributed by atoms with van der Waals surface area (Å²) in [5, 5.41) is 14.0. The van der Waals surface area contributed by atoms with Crippen LogP contribution < -0.4 is 5.32 Å². The maximum absolute atomic E-state index is 9.46. The van der Waals surface area contributed by atoms with Gasteiger partial charge in [-0.25, -0.2) is 0 Å². The number of fused-ring (bicyclic) bond motifs is 1. The van der Waals surface area contributed by atoms with Crippen molar-refractivity contribution in [1.82, 2.24) is 10.3 Å². The first-order chi connectivity index (χ1) is 9.10. The van der Waals surface area contributed by atoms with Gasteiger partial charge < -0.3 is 10.3 Å². The van der Waals surface area contributed by atoms with Gasteiger partial charge in [0, 0.05) is 16.6 Å². The molecule has 0 fully saturated rings. The average molecular weight is 255 g/mol. The molecule has 2 rings (SSSR count). The minimum absolute atomic E-state index is 0.0390. The molecular formula is C16H21N3. The molecule has 1 aromatic carbocycles. The van der Waals surface area contributed by atoms with Crippen LogP contribution >= 0.6 is 0 Å². The summed E-state index contributed by atoms with van der Waals surface area (Å²) in [5.74, 6) is 0.276. The number of aromatic amines is 1. The van der Waals surface area contributed by atoms with Crippen molar-refractivity contribution < 1.29 is 0 Å². The molecule has 0 saturated heterocycles. The van der Waals surface area contributed by atoms with Crippen molar-refractivity contribution in [2.45, 2.75) is 26.8 Å². The summed E-state index contributed by atoms with van der Waals surface area (Å²) in [6.07, 6.45) is 0. The van der Waals surface area contributed by atoms with E-state index in [0.29, 0.717) is 5.92 Å². The number of nitrogens with zero attached hydrogens (tertiary/aromatic N) is 1. The summed E-state index contributed by atoms with van der Waals surface area (Å²) < 4.78 is 0. The van der Waals surface area contributed by atoms with Crippen molar-refractivity contribution in [3.8, 4) is 6.07 Å². The Morgan fingerprint density at radius 1 is 1.26 bits per heavy atom. The van der Waals surface area contributed by atoms with E-state index in [1.54, 1.807) is 0 Å². The van der Waals surface area contributed by atoms with E-state index in [0.717, 1.165) is 11.2 Å². The van der Waals surface area contributed by atoms with Crippen LogP contribution in [-0.2, 0) is 0 Å². The zero-order chi connectivity index (χ0) is 14.0. The third kappa shape index (κ3) is 2.36. The van der Waals surface area contributed by atoms with Crippen LogP contribution in [0.5, 0.6) is 0 Å². The fraction of sp³-hybridized carbons (Fsp3) is 0.438. The molecule has 0 saturated carbocycles. The summed E-state index contributed by atoms with van der Waals surface area (Å²) >= 11 is 0. The first-order valence-corrected chi connectivity index (χ1v) is 6.74. The van der Waals surface area contributed by atoms with Gasteiger partial charge in [-0.2, -0.15) is 5.26 Å². The molecule has 2 atom stereocenters. The lowest BCUT2D eigenvalue weighted by Gasteiger charge is -2.25. The lowest BCUT2D eigenvalue weighted by Crippen LogP contribution is -2.28. The molecule has 0 amide bonds. The lowest BCUT2D eigenvalue weighted by atomic mass is 9.84. The molecular weight excluding hydrogens is 234 g/mol. The van der Waals surface area contributed by atoms with Gasteiger partial charge in [-0.05, 0) is 31.5 Å². The van der Waals surface area contributed by atoms with E-state index in [-0.39, 0.29) is 12.0 Å². The first kappa shape index (κ1) is 13.6. The van der Waals surface area contributed by atoms with E-state index in [9.17, 15) is 5.26 Å². The minimum atomic E-state index is -0.0390. The van der Waals surface area contributed by atoms with E-state index in [1.807, 2.05) is 19.2 Å². The van der Waals surface area contributed by atoms with Gasteiger partial charge in [0.05, 0.1) is 18.0 Å². The van der Waals surface area contributed by atoms with Gasteiger partial charge in [0.15, 0.2) is 0 Å². The number of nitrogens with one attached hydrogen (secondary N) is 2. The number of aryl methyl sites for hydroxylation is 1. The Kier molecular flexibility index (Phi) is 3.92. The predicted octanol–water partition coefficient (Wildman–Crippen LogP) is 3.53. The van der Waals surface area contributed by atoms with E-state index in [2.05, 4.69) is 49.3 Å². The third-order valence-corrected chi connectivity index (χ3v) is 3.79. The summed E-state index contributed by atoms with van der Waals surface area (Å²) in [7, 11) is 1.93. The van der Waals surface area contributed by atoms with Crippen LogP contribution in [0.1, 0.15) is 31.1 Å². The molecule has 2 N–H and O–H groups in total. The highest BCUT2D eigenvalue weighted by atomic mass is 14.9. The highest BCUT2D eigenvalue weighted by Gasteiger charge is 2.28. The minimum Gasteiger partial charge on any atom is -0.358 e. The van der Waals surface area contributed by atoms with Crippen LogP contribution in [0.25, 0.3) is 10.9 Å². The van der Waals surface area contributed by atoms with Crippen LogP contribution in [0, 0.1) is 30.1 Å².